The van der Waals surface area contributed by atoms with Crippen LogP contribution < -0.4 is 5.32 Å². The second-order valence-corrected chi connectivity index (χ2v) is 6.12. The fourth-order valence-electron chi connectivity index (χ4n) is 2.55. The highest BCUT2D eigenvalue weighted by atomic mass is 79.9. The first-order chi connectivity index (χ1) is 8.69. The van der Waals surface area contributed by atoms with E-state index < -0.39 is 0 Å². The van der Waals surface area contributed by atoms with E-state index in [2.05, 4.69) is 34.2 Å². The van der Waals surface area contributed by atoms with Crippen molar-refractivity contribution < 1.29 is 0 Å². The molecule has 0 heterocycles. The van der Waals surface area contributed by atoms with Gasteiger partial charge in [0.15, 0.2) is 0 Å². The Labute approximate surface area is 118 Å². The maximum atomic E-state index is 8.85. The molecule has 3 heteroatoms. The molecule has 0 radical (unpaired) electrons. The zero-order valence-electron chi connectivity index (χ0n) is 10.7. The fraction of sp³-hybridized carbons (Fsp3) is 0.533. The van der Waals surface area contributed by atoms with Gasteiger partial charge >= 0.3 is 0 Å². The first-order valence-corrected chi connectivity index (χ1v) is 7.44. The van der Waals surface area contributed by atoms with Gasteiger partial charge in [-0.3, -0.25) is 0 Å². The van der Waals surface area contributed by atoms with E-state index in [0.717, 1.165) is 16.1 Å². The second kappa shape index (κ2) is 6.24. The smallest absolute Gasteiger partial charge is 0.0992 e. The molecule has 0 spiro atoms. The molecule has 0 bridgehead atoms. The summed E-state index contributed by atoms with van der Waals surface area (Å²) in [5, 5.41) is 12.5. The van der Waals surface area contributed by atoms with E-state index in [9.17, 15) is 0 Å². The Morgan fingerprint density at radius 3 is 2.83 bits per heavy atom. The lowest BCUT2D eigenvalue weighted by molar-refractivity contribution is 0.502. The summed E-state index contributed by atoms with van der Waals surface area (Å²) in [6.45, 7) is 2.35. The van der Waals surface area contributed by atoms with Gasteiger partial charge in [0.25, 0.3) is 0 Å². The Morgan fingerprint density at radius 2 is 2.11 bits per heavy atom. The van der Waals surface area contributed by atoms with Crippen LogP contribution in [0.4, 0.5) is 5.69 Å². The highest BCUT2D eigenvalue weighted by Crippen LogP contribution is 2.28. The predicted octanol–water partition coefficient (Wildman–Crippen LogP) is 4.70. The number of hydrogen-bond donors (Lipinski definition) is 1. The molecule has 1 saturated carbocycles. The maximum absolute atomic E-state index is 8.85. The molecular formula is C15H19BrN2. The standard InChI is InChI=1S/C15H19BrN2/c1-11-3-2-4-13(7-5-11)18-15-8-6-12(10-17)9-14(15)16/h6,8-9,11,13,18H,2-5,7H2,1H3. The Kier molecular flexibility index (Phi) is 4.66. The van der Waals surface area contributed by atoms with E-state index in [1.165, 1.54) is 32.1 Å². The molecule has 0 aliphatic heterocycles. The van der Waals surface area contributed by atoms with Crippen molar-refractivity contribution in [1.29, 1.82) is 5.26 Å². The van der Waals surface area contributed by atoms with E-state index >= 15 is 0 Å². The Bertz CT molecular complexity index is 450. The summed E-state index contributed by atoms with van der Waals surface area (Å²) in [5.41, 5.74) is 1.80. The molecule has 18 heavy (non-hydrogen) atoms. The summed E-state index contributed by atoms with van der Waals surface area (Å²) >= 11 is 3.53. The number of nitriles is 1. The summed E-state index contributed by atoms with van der Waals surface area (Å²) < 4.78 is 0.985. The molecule has 1 N–H and O–H groups in total. The number of rotatable bonds is 2. The normalized spacial score (nSPS) is 24.1. The van der Waals surface area contributed by atoms with E-state index in [4.69, 9.17) is 5.26 Å². The lowest BCUT2D eigenvalue weighted by Crippen LogP contribution is -2.18. The largest absolute Gasteiger partial charge is 0.381 e. The number of nitrogens with one attached hydrogen (secondary N) is 1. The third-order valence-electron chi connectivity index (χ3n) is 3.72. The molecule has 1 aliphatic carbocycles. The van der Waals surface area contributed by atoms with Gasteiger partial charge in [-0.15, -0.1) is 0 Å². The molecule has 1 aromatic carbocycles. The SMILES string of the molecule is CC1CCCC(Nc2ccc(C#N)cc2Br)CC1. The van der Waals surface area contributed by atoms with Gasteiger partial charge in [0.1, 0.15) is 0 Å². The van der Waals surface area contributed by atoms with Crippen molar-refractivity contribution in [2.24, 2.45) is 5.92 Å². The number of hydrogen-bond acceptors (Lipinski definition) is 2. The molecule has 2 atom stereocenters. The van der Waals surface area contributed by atoms with Crippen molar-refractivity contribution >= 4 is 21.6 Å². The Hall–Kier alpha value is -1.01. The average Bonchev–Trinajstić information content (AvgIpc) is 2.57. The van der Waals surface area contributed by atoms with Crippen molar-refractivity contribution in [3.8, 4) is 6.07 Å². The highest BCUT2D eigenvalue weighted by Gasteiger charge is 2.16. The first-order valence-electron chi connectivity index (χ1n) is 6.65. The van der Waals surface area contributed by atoms with Gasteiger partial charge in [0.2, 0.25) is 0 Å². The number of anilines is 1. The van der Waals surface area contributed by atoms with Crippen molar-refractivity contribution in [3.05, 3.63) is 28.2 Å². The van der Waals surface area contributed by atoms with Crippen molar-refractivity contribution in [1.82, 2.24) is 0 Å². The Balaban J connectivity index is 2.03. The van der Waals surface area contributed by atoms with Crippen LogP contribution in [0.1, 0.15) is 44.6 Å². The zero-order chi connectivity index (χ0) is 13.0. The monoisotopic (exact) mass is 306 g/mol. The van der Waals surface area contributed by atoms with Crippen LogP contribution in [0.25, 0.3) is 0 Å². The molecule has 96 valence electrons. The van der Waals surface area contributed by atoms with Crippen molar-refractivity contribution in [2.75, 3.05) is 5.32 Å². The van der Waals surface area contributed by atoms with Gasteiger partial charge in [0, 0.05) is 16.2 Å². The van der Waals surface area contributed by atoms with Gasteiger partial charge in [0.05, 0.1) is 11.6 Å². The van der Waals surface area contributed by atoms with E-state index in [1.54, 1.807) is 0 Å². The van der Waals surface area contributed by atoms with Crippen molar-refractivity contribution in [2.45, 2.75) is 45.1 Å². The summed E-state index contributed by atoms with van der Waals surface area (Å²) in [6, 6.07) is 8.47. The van der Waals surface area contributed by atoms with Gasteiger partial charge < -0.3 is 5.32 Å². The summed E-state index contributed by atoms with van der Waals surface area (Å²) in [5.74, 6) is 0.862. The van der Waals surface area contributed by atoms with Crippen LogP contribution in [0.3, 0.4) is 0 Å². The van der Waals surface area contributed by atoms with Crippen LogP contribution in [-0.4, -0.2) is 6.04 Å². The minimum Gasteiger partial charge on any atom is -0.381 e. The second-order valence-electron chi connectivity index (χ2n) is 5.26. The molecule has 0 saturated heterocycles. The Morgan fingerprint density at radius 1 is 1.28 bits per heavy atom. The third-order valence-corrected chi connectivity index (χ3v) is 4.37. The molecule has 1 fully saturated rings. The van der Waals surface area contributed by atoms with E-state index in [1.807, 2.05) is 18.2 Å². The van der Waals surface area contributed by atoms with Crippen LogP contribution in [-0.2, 0) is 0 Å². The zero-order valence-corrected chi connectivity index (χ0v) is 12.3. The molecular weight excluding hydrogens is 288 g/mol. The first kappa shape index (κ1) is 13.4. The fourth-order valence-corrected chi connectivity index (χ4v) is 3.05. The van der Waals surface area contributed by atoms with Crippen LogP contribution in [0.2, 0.25) is 0 Å². The predicted molar refractivity (Wildman–Crippen MR) is 78.5 cm³/mol. The van der Waals surface area contributed by atoms with Crippen LogP contribution >= 0.6 is 15.9 Å². The van der Waals surface area contributed by atoms with Gasteiger partial charge in [-0.1, -0.05) is 19.8 Å². The topological polar surface area (TPSA) is 35.8 Å². The lowest BCUT2D eigenvalue weighted by atomic mass is 10.0. The van der Waals surface area contributed by atoms with Gasteiger partial charge in [-0.2, -0.15) is 5.26 Å². The maximum Gasteiger partial charge on any atom is 0.0992 e. The third kappa shape index (κ3) is 3.49. The quantitative estimate of drug-likeness (QED) is 0.804. The number of benzene rings is 1. The van der Waals surface area contributed by atoms with Gasteiger partial charge in [-0.25, -0.2) is 0 Å². The molecule has 2 rings (SSSR count). The highest BCUT2D eigenvalue weighted by molar-refractivity contribution is 9.10. The average molecular weight is 307 g/mol. The summed E-state index contributed by atoms with van der Waals surface area (Å²) in [7, 11) is 0. The summed E-state index contributed by atoms with van der Waals surface area (Å²) in [6.07, 6.45) is 6.47. The molecule has 2 nitrogen and oxygen atoms in total. The van der Waals surface area contributed by atoms with E-state index in [0.29, 0.717) is 11.6 Å². The van der Waals surface area contributed by atoms with Crippen LogP contribution in [0.15, 0.2) is 22.7 Å². The molecule has 2 unspecified atom stereocenters. The molecule has 1 aromatic rings. The lowest BCUT2D eigenvalue weighted by Gasteiger charge is -2.19. The van der Waals surface area contributed by atoms with Crippen LogP contribution in [0, 0.1) is 17.2 Å². The minimum atomic E-state index is 0.569. The number of halogens is 1. The number of nitrogens with zero attached hydrogens (tertiary/aromatic N) is 1. The van der Waals surface area contributed by atoms with Crippen molar-refractivity contribution in [3.63, 3.8) is 0 Å². The summed E-state index contributed by atoms with van der Waals surface area (Å²) in [4.78, 5) is 0. The molecule has 0 amide bonds. The van der Waals surface area contributed by atoms with E-state index in [-0.39, 0.29) is 0 Å². The minimum absolute atomic E-state index is 0.569. The molecule has 0 aromatic heterocycles. The van der Waals surface area contributed by atoms with Crippen LogP contribution in [0.5, 0.6) is 0 Å². The molecule has 1 aliphatic rings. The van der Waals surface area contributed by atoms with Gasteiger partial charge in [-0.05, 0) is 59.3 Å².